The molecule has 1 saturated heterocycles. The van der Waals surface area contributed by atoms with Crippen LogP contribution in [0.2, 0.25) is 5.02 Å². The van der Waals surface area contributed by atoms with Crippen LogP contribution in [-0.4, -0.2) is 48.1 Å². The van der Waals surface area contributed by atoms with Crippen molar-refractivity contribution in [3.8, 4) is 11.3 Å². The number of hydrogen-bond acceptors (Lipinski definition) is 7. The van der Waals surface area contributed by atoms with Crippen molar-refractivity contribution in [1.82, 2.24) is 29.7 Å². The zero-order chi connectivity index (χ0) is 28.6. The number of halogens is 2. The molecular weight excluding hydrogens is 554 g/mol. The molecule has 4 aromatic rings. The number of carbonyl (C=O) groups excluding carboxylic acids is 2. The Morgan fingerprint density at radius 3 is 2.65 bits per heavy atom. The van der Waals surface area contributed by atoms with E-state index in [1.54, 1.807) is 34.1 Å². The predicted octanol–water partition coefficient (Wildman–Crippen LogP) is 4.61. The van der Waals surface area contributed by atoms with Gasteiger partial charge in [-0.05, 0) is 44.1 Å². The van der Waals surface area contributed by atoms with Crippen molar-refractivity contribution < 1.29 is 14.0 Å². The zero-order valence-corrected chi connectivity index (χ0v) is 24.0. The minimum atomic E-state index is -1.27. The molecule has 3 atom stereocenters. The molecule has 2 amide bonds. The fourth-order valence-electron chi connectivity index (χ4n) is 4.64. The Labute approximate surface area is 237 Å². The Morgan fingerprint density at radius 1 is 1.15 bits per heavy atom. The lowest BCUT2D eigenvalue weighted by Gasteiger charge is -2.18. The van der Waals surface area contributed by atoms with Gasteiger partial charge in [-0.3, -0.25) is 24.2 Å². The van der Waals surface area contributed by atoms with Crippen molar-refractivity contribution in [2.24, 2.45) is 0 Å². The summed E-state index contributed by atoms with van der Waals surface area (Å²) < 4.78 is 16.0. The largest absolute Gasteiger partial charge is 0.318 e. The summed E-state index contributed by atoms with van der Waals surface area (Å²) in [6.45, 7) is 5.85. The highest BCUT2D eigenvalue weighted by atomic mass is 35.5. The molecule has 1 aliphatic heterocycles. The SMILES string of the molecule is Cc1nc(N2CCCC2=O)ncc1[C@H](C)n1cc(NC(=O)c2cncc(-c3c(C(C)F)ccc(Cl)c3P)n2)cn1. The van der Waals surface area contributed by atoms with Crippen LogP contribution in [0, 0.1) is 6.92 Å². The predicted molar refractivity (Wildman–Crippen MR) is 154 cm³/mol. The summed E-state index contributed by atoms with van der Waals surface area (Å²) >= 11 is 6.27. The number of aromatic nitrogens is 6. The van der Waals surface area contributed by atoms with Crippen LogP contribution in [0.25, 0.3) is 11.3 Å². The van der Waals surface area contributed by atoms with Gasteiger partial charge >= 0.3 is 0 Å². The average molecular weight is 581 g/mol. The fraction of sp³-hybridized carbons (Fsp3) is 0.296. The molecule has 0 saturated carbocycles. The third-order valence-corrected chi connectivity index (χ3v) is 7.91. The standard InChI is InChI=1S/C27H27ClFN8O2P/c1-14(29)18-6-7-20(28)25(40)24(18)21-11-30-12-22(35-21)26(39)34-17-9-32-37(13-17)16(3)19-10-31-27(33-15(19)2)36-8-4-5-23(36)38/h6-7,9-14,16H,4-5,8,40H2,1-3H3,(H,34,39)/t14?,16-/m0/s1. The molecular formula is C27H27ClFN8O2P. The molecule has 3 aromatic heterocycles. The van der Waals surface area contributed by atoms with Crippen molar-refractivity contribution in [3.63, 3.8) is 0 Å². The molecule has 1 N–H and O–H groups in total. The maximum atomic E-state index is 14.3. The molecule has 40 heavy (non-hydrogen) atoms. The summed E-state index contributed by atoms with van der Waals surface area (Å²) in [6.07, 6.45) is 7.77. The third kappa shape index (κ3) is 5.44. The van der Waals surface area contributed by atoms with Crippen molar-refractivity contribution in [3.05, 3.63) is 70.7 Å². The average Bonchev–Trinajstić information content (AvgIpc) is 3.58. The number of anilines is 2. The number of alkyl halides is 1. The normalized spacial score (nSPS) is 14.8. The van der Waals surface area contributed by atoms with Gasteiger partial charge in [-0.1, -0.05) is 17.7 Å². The molecule has 0 radical (unpaired) electrons. The van der Waals surface area contributed by atoms with Crippen molar-refractivity contribution in [2.45, 2.75) is 45.8 Å². The van der Waals surface area contributed by atoms with Crippen molar-refractivity contribution in [1.29, 1.82) is 0 Å². The van der Waals surface area contributed by atoms with Crippen LogP contribution in [0.1, 0.15) is 66.2 Å². The first kappa shape index (κ1) is 27.7. The number of nitrogens with one attached hydrogen (secondary N) is 1. The lowest BCUT2D eigenvalue weighted by molar-refractivity contribution is -0.117. The zero-order valence-electron chi connectivity index (χ0n) is 22.1. The van der Waals surface area contributed by atoms with Gasteiger partial charge in [0.2, 0.25) is 11.9 Å². The molecule has 0 bridgehead atoms. The van der Waals surface area contributed by atoms with E-state index in [0.29, 0.717) is 51.7 Å². The molecule has 5 rings (SSSR count). The van der Waals surface area contributed by atoms with Crippen molar-refractivity contribution in [2.75, 3.05) is 16.8 Å². The molecule has 13 heteroatoms. The van der Waals surface area contributed by atoms with Gasteiger partial charge in [0.1, 0.15) is 11.9 Å². The van der Waals surface area contributed by atoms with E-state index in [1.807, 2.05) is 13.8 Å². The summed E-state index contributed by atoms with van der Waals surface area (Å²) in [7, 11) is 2.50. The first-order chi connectivity index (χ1) is 19.1. The second-order valence-corrected chi connectivity index (χ2v) is 10.5. The lowest BCUT2D eigenvalue weighted by atomic mass is 10.0. The minimum Gasteiger partial charge on any atom is -0.318 e. The van der Waals surface area contributed by atoms with E-state index in [-0.39, 0.29) is 17.6 Å². The summed E-state index contributed by atoms with van der Waals surface area (Å²) in [6, 6.07) is 2.99. The van der Waals surface area contributed by atoms with Crippen LogP contribution in [0.4, 0.5) is 16.0 Å². The van der Waals surface area contributed by atoms with E-state index in [2.05, 4.69) is 39.6 Å². The highest BCUT2D eigenvalue weighted by Crippen LogP contribution is 2.31. The molecule has 2 unspecified atom stereocenters. The van der Waals surface area contributed by atoms with Gasteiger partial charge in [0, 0.05) is 47.2 Å². The van der Waals surface area contributed by atoms with Gasteiger partial charge in [0.05, 0.1) is 36.0 Å². The van der Waals surface area contributed by atoms with Crippen molar-refractivity contribution >= 4 is 49.6 Å². The third-order valence-electron chi connectivity index (χ3n) is 6.80. The Morgan fingerprint density at radius 2 is 1.95 bits per heavy atom. The minimum absolute atomic E-state index is 0.0295. The maximum Gasteiger partial charge on any atom is 0.275 e. The Bertz CT molecular complexity index is 1610. The molecule has 206 valence electrons. The van der Waals surface area contributed by atoms with Gasteiger partial charge in [-0.25, -0.2) is 19.3 Å². The Hall–Kier alpha value is -3.82. The Balaban J connectivity index is 1.34. The number of benzene rings is 1. The first-order valence-electron chi connectivity index (χ1n) is 12.7. The Kier molecular flexibility index (Phi) is 7.87. The molecule has 1 fully saturated rings. The first-order valence-corrected chi connectivity index (χ1v) is 13.6. The van der Waals surface area contributed by atoms with Crippen LogP contribution < -0.4 is 15.5 Å². The van der Waals surface area contributed by atoms with Gasteiger partial charge in [-0.2, -0.15) is 5.10 Å². The topological polar surface area (TPSA) is 119 Å². The summed E-state index contributed by atoms with van der Waals surface area (Å²) in [4.78, 5) is 44.3. The molecule has 1 aliphatic rings. The summed E-state index contributed by atoms with van der Waals surface area (Å²) in [5.41, 5.74) is 3.29. The van der Waals surface area contributed by atoms with E-state index in [1.165, 1.54) is 25.5 Å². The lowest BCUT2D eigenvalue weighted by Crippen LogP contribution is -2.26. The van der Waals surface area contributed by atoms with E-state index >= 15 is 0 Å². The summed E-state index contributed by atoms with van der Waals surface area (Å²) in [5.74, 6) is -0.0582. The highest BCUT2D eigenvalue weighted by molar-refractivity contribution is 7.28. The van der Waals surface area contributed by atoms with Gasteiger partial charge in [-0.15, -0.1) is 9.24 Å². The highest BCUT2D eigenvalue weighted by Gasteiger charge is 2.25. The number of nitrogens with zero attached hydrogens (tertiary/aromatic N) is 7. The van der Waals surface area contributed by atoms with E-state index in [0.717, 1.165) is 17.7 Å². The van der Waals surface area contributed by atoms with E-state index in [4.69, 9.17) is 11.6 Å². The molecule has 0 spiro atoms. The van der Waals surface area contributed by atoms with Crippen LogP contribution in [0.15, 0.2) is 43.1 Å². The molecule has 0 aliphatic carbocycles. The maximum absolute atomic E-state index is 14.3. The number of hydrogen-bond donors (Lipinski definition) is 1. The van der Waals surface area contributed by atoms with E-state index < -0.39 is 12.1 Å². The van der Waals surface area contributed by atoms with Gasteiger partial charge in [0.15, 0.2) is 0 Å². The fourth-order valence-corrected chi connectivity index (χ4v) is 5.21. The second kappa shape index (κ2) is 11.3. The molecule has 10 nitrogen and oxygen atoms in total. The number of aryl methyl sites for hydroxylation is 1. The molecule has 1 aromatic carbocycles. The van der Waals surface area contributed by atoms with Crippen LogP contribution in [0.3, 0.4) is 0 Å². The van der Waals surface area contributed by atoms with Gasteiger partial charge < -0.3 is 5.32 Å². The molecule has 4 heterocycles. The summed E-state index contributed by atoms with van der Waals surface area (Å²) in [5, 5.41) is 8.19. The number of rotatable bonds is 7. The van der Waals surface area contributed by atoms with Crippen LogP contribution in [0.5, 0.6) is 0 Å². The quantitative estimate of drug-likeness (QED) is 0.317. The smallest absolute Gasteiger partial charge is 0.275 e. The van der Waals surface area contributed by atoms with Gasteiger partial charge in [0.25, 0.3) is 5.91 Å². The van der Waals surface area contributed by atoms with Crippen LogP contribution >= 0.6 is 20.8 Å². The van der Waals surface area contributed by atoms with Crippen LogP contribution in [-0.2, 0) is 4.79 Å². The number of amides is 2. The number of carbonyl (C=O) groups is 2. The van der Waals surface area contributed by atoms with E-state index in [9.17, 15) is 14.0 Å². The second-order valence-electron chi connectivity index (χ2n) is 9.53. The monoisotopic (exact) mass is 580 g/mol.